The van der Waals surface area contributed by atoms with Crippen molar-refractivity contribution in [3.63, 3.8) is 0 Å². The number of nitrogens with zero attached hydrogens (tertiary/aromatic N) is 2. The van der Waals surface area contributed by atoms with Gasteiger partial charge in [-0.25, -0.2) is 0 Å². The third-order valence-corrected chi connectivity index (χ3v) is 3.68. The molecule has 0 N–H and O–H groups in total. The van der Waals surface area contributed by atoms with E-state index in [-0.39, 0.29) is 11.4 Å². The first-order valence-electron chi connectivity index (χ1n) is 6.75. The number of hydrogen-bond acceptors (Lipinski definition) is 2. The highest BCUT2D eigenvalue weighted by atomic mass is 16.2. The monoisotopic (exact) mass is 240 g/mol. The summed E-state index contributed by atoms with van der Waals surface area (Å²) in [6.07, 6.45) is 0. The Bertz CT molecular complexity index is 284. The van der Waals surface area contributed by atoms with E-state index in [9.17, 15) is 4.79 Å². The van der Waals surface area contributed by atoms with E-state index >= 15 is 0 Å². The summed E-state index contributed by atoms with van der Waals surface area (Å²) in [6, 6.07) is 0.734. The van der Waals surface area contributed by atoms with Gasteiger partial charge in [0.05, 0.1) is 5.54 Å². The van der Waals surface area contributed by atoms with Crippen molar-refractivity contribution in [3.8, 4) is 0 Å². The Morgan fingerprint density at radius 1 is 1.29 bits per heavy atom. The van der Waals surface area contributed by atoms with Gasteiger partial charge in [-0.3, -0.25) is 9.69 Å². The van der Waals surface area contributed by atoms with Gasteiger partial charge in [0.2, 0.25) is 5.91 Å². The molecule has 1 amide bonds. The first-order chi connectivity index (χ1) is 7.67. The van der Waals surface area contributed by atoms with E-state index in [4.69, 9.17) is 0 Å². The van der Waals surface area contributed by atoms with E-state index in [2.05, 4.69) is 53.4 Å². The van der Waals surface area contributed by atoms with E-state index < -0.39 is 0 Å². The maximum absolute atomic E-state index is 12.5. The number of amides is 1. The molecule has 1 aliphatic heterocycles. The molecule has 0 aromatic carbocycles. The largest absolute Gasteiger partial charge is 0.337 e. The molecule has 3 heteroatoms. The maximum Gasteiger partial charge on any atom is 0.242 e. The Morgan fingerprint density at radius 3 is 2.24 bits per heavy atom. The van der Waals surface area contributed by atoms with Gasteiger partial charge >= 0.3 is 0 Å². The van der Waals surface area contributed by atoms with Crippen LogP contribution in [-0.4, -0.2) is 46.4 Å². The molecule has 1 rings (SSSR count). The predicted molar refractivity (Wildman–Crippen MR) is 71.9 cm³/mol. The van der Waals surface area contributed by atoms with Crippen LogP contribution in [0, 0.1) is 5.92 Å². The summed E-state index contributed by atoms with van der Waals surface area (Å²) in [4.78, 5) is 16.9. The van der Waals surface area contributed by atoms with Crippen molar-refractivity contribution < 1.29 is 4.79 Å². The highest BCUT2D eigenvalue weighted by Gasteiger charge is 2.45. The number of carbonyl (C=O) groups is 1. The number of piperazine rings is 1. The van der Waals surface area contributed by atoms with E-state index in [0.717, 1.165) is 13.1 Å². The summed E-state index contributed by atoms with van der Waals surface area (Å²) in [5.74, 6) is 0.862. The second kappa shape index (κ2) is 4.97. The van der Waals surface area contributed by atoms with Gasteiger partial charge in [0.15, 0.2) is 0 Å². The normalized spacial score (nSPS) is 26.1. The zero-order chi connectivity index (χ0) is 13.4. The molecule has 1 fully saturated rings. The number of rotatable bonds is 3. The molecule has 1 heterocycles. The molecule has 17 heavy (non-hydrogen) atoms. The fourth-order valence-electron chi connectivity index (χ4n) is 2.74. The van der Waals surface area contributed by atoms with Gasteiger partial charge in [-0.2, -0.15) is 0 Å². The minimum Gasteiger partial charge on any atom is -0.337 e. The minimum atomic E-state index is -0.369. The first kappa shape index (κ1) is 14.5. The van der Waals surface area contributed by atoms with Crippen LogP contribution in [-0.2, 0) is 4.79 Å². The average Bonchev–Trinajstić information content (AvgIpc) is 2.18. The van der Waals surface area contributed by atoms with Crippen molar-refractivity contribution in [1.82, 2.24) is 9.80 Å². The molecule has 3 nitrogen and oxygen atoms in total. The van der Waals surface area contributed by atoms with Crippen LogP contribution >= 0.6 is 0 Å². The summed E-state index contributed by atoms with van der Waals surface area (Å²) >= 11 is 0. The van der Waals surface area contributed by atoms with Crippen molar-refractivity contribution in [2.24, 2.45) is 5.92 Å². The van der Waals surface area contributed by atoms with Gasteiger partial charge < -0.3 is 4.90 Å². The second-order valence-corrected chi connectivity index (χ2v) is 6.51. The third kappa shape index (κ3) is 2.82. The van der Waals surface area contributed by atoms with Gasteiger partial charge in [0.25, 0.3) is 0 Å². The highest BCUT2D eigenvalue weighted by molar-refractivity contribution is 5.86. The summed E-state index contributed by atoms with van der Waals surface area (Å²) in [7, 11) is 0. The van der Waals surface area contributed by atoms with Crippen LogP contribution in [0.2, 0.25) is 0 Å². The molecule has 0 bridgehead atoms. The van der Waals surface area contributed by atoms with Gasteiger partial charge in [0, 0.05) is 25.2 Å². The Labute approximate surface area is 106 Å². The summed E-state index contributed by atoms with van der Waals surface area (Å²) in [6.45, 7) is 16.8. The SMILES string of the molecule is CC(C)CN1C(C)CN(C(C)C)C(=O)C1(C)C. The van der Waals surface area contributed by atoms with Gasteiger partial charge in [-0.05, 0) is 40.5 Å². The third-order valence-electron chi connectivity index (χ3n) is 3.68. The zero-order valence-corrected chi connectivity index (χ0v) is 12.4. The lowest BCUT2D eigenvalue weighted by Gasteiger charge is -2.51. The molecule has 100 valence electrons. The smallest absolute Gasteiger partial charge is 0.242 e. The van der Waals surface area contributed by atoms with Gasteiger partial charge in [0.1, 0.15) is 0 Å². The topological polar surface area (TPSA) is 23.6 Å². The van der Waals surface area contributed by atoms with Crippen molar-refractivity contribution >= 4 is 5.91 Å². The lowest BCUT2D eigenvalue weighted by Crippen LogP contribution is -2.68. The standard InChI is InChI=1S/C14H28N2O/c1-10(2)8-16-12(5)9-15(11(3)4)13(17)14(16,6)7/h10-12H,8-9H2,1-7H3. The van der Waals surface area contributed by atoms with Crippen molar-refractivity contribution in [2.45, 2.75) is 66.1 Å². The Kier molecular flexibility index (Phi) is 4.23. The molecule has 0 aromatic heterocycles. The summed E-state index contributed by atoms with van der Waals surface area (Å²) in [5.41, 5.74) is -0.369. The molecule has 0 aromatic rings. The van der Waals surface area contributed by atoms with E-state index in [1.54, 1.807) is 0 Å². The van der Waals surface area contributed by atoms with Crippen LogP contribution < -0.4 is 0 Å². The van der Waals surface area contributed by atoms with Gasteiger partial charge in [-0.15, -0.1) is 0 Å². The molecule has 0 radical (unpaired) electrons. The van der Waals surface area contributed by atoms with E-state index in [1.165, 1.54) is 0 Å². The zero-order valence-electron chi connectivity index (χ0n) is 12.4. The second-order valence-electron chi connectivity index (χ2n) is 6.51. The first-order valence-corrected chi connectivity index (χ1v) is 6.75. The van der Waals surface area contributed by atoms with Crippen LogP contribution in [0.1, 0.15) is 48.5 Å². The van der Waals surface area contributed by atoms with Crippen LogP contribution in [0.5, 0.6) is 0 Å². The average molecular weight is 240 g/mol. The quantitative estimate of drug-likeness (QED) is 0.756. The molecular formula is C14H28N2O. The Balaban J connectivity index is 2.94. The minimum absolute atomic E-state index is 0.270. The lowest BCUT2D eigenvalue weighted by molar-refractivity contribution is -0.155. The molecule has 1 atom stereocenters. The Hall–Kier alpha value is -0.570. The van der Waals surface area contributed by atoms with Crippen LogP contribution in [0.4, 0.5) is 0 Å². The number of carbonyl (C=O) groups excluding carboxylic acids is 1. The van der Waals surface area contributed by atoms with Crippen molar-refractivity contribution in [1.29, 1.82) is 0 Å². The van der Waals surface area contributed by atoms with E-state index in [0.29, 0.717) is 18.0 Å². The van der Waals surface area contributed by atoms with Crippen molar-refractivity contribution in [3.05, 3.63) is 0 Å². The van der Waals surface area contributed by atoms with Crippen LogP contribution in [0.25, 0.3) is 0 Å². The molecule has 0 spiro atoms. The summed E-state index contributed by atoms with van der Waals surface area (Å²) < 4.78 is 0. The van der Waals surface area contributed by atoms with E-state index in [1.807, 2.05) is 4.90 Å². The molecule has 1 saturated heterocycles. The highest BCUT2D eigenvalue weighted by Crippen LogP contribution is 2.28. The Morgan fingerprint density at radius 2 is 1.82 bits per heavy atom. The lowest BCUT2D eigenvalue weighted by atomic mass is 9.92. The maximum atomic E-state index is 12.5. The molecule has 0 aliphatic carbocycles. The predicted octanol–water partition coefficient (Wildman–Crippen LogP) is 2.36. The van der Waals surface area contributed by atoms with Crippen LogP contribution in [0.3, 0.4) is 0 Å². The summed E-state index contributed by atoms with van der Waals surface area (Å²) in [5, 5.41) is 0. The van der Waals surface area contributed by atoms with Crippen LogP contribution in [0.15, 0.2) is 0 Å². The van der Waals surface area contributed by atoms with Crippen molar-refractivity contribution in [2.75, 3.05) is 13.1 Å². The molecule has 1 unspecified atom stereocenters. The fraction of sp³-hybridized carbons (Fsp3) is 0.929. The van der Waals surface area contributed by atoms with Gasteiger partial charge in [-0.1, -0.05) is 13.8 Å². The fourth-order valence-corrected chi connectivity index (χ4v) is 2.74. The molecule has 1 aliphatic rings. The number of hydrogen-bond donors (Lipinski definition) is 0. The molecular weight excluding hydrogens is 212 g/mol. The molecule has 0 saturated carbocycles.